The van der Waals surface area contributed by atoms with E-state index in [1.165, 1.54) is 29.5 Å². The Morgan fingerprint density at radius 3 is 2.82 bits per heavy atom. The standard InChI is InChI=1S/C19H23NO2/c1-19(2)11-22-18(20-19)16-12-7-4-5-8-14(12)17(21-3)15-10-6-9-13(15)16/h4-5,7-8,13,16H,6,9-11H2,1-3H3/t13-,16-/m0/s1. The van der Waals surface area contributed by atoms with Crippen LogP contribution in [0.3, 0.4) is 0 Å². The van der Waals surface area contributed by atoms with Gasteiger partial charge in [-0.15, -0.1) is 0 Å². The molecule has 1 fully saturated rings. The Morgan fingerprint density at radius 1 is 1.27 bits per heavy atom. The average molecular weight is 297 g/mol. The van der Waals surface area contributed by atoms with Crippen LogP contribution in [0.2, 0.25) is 0 Å². The number of methoxy groups -OCH3 is 1. The summed E-state index contributed by atoms with van der Waals surface area (Å²) in [5.41, 5.74) is 3.89. The summed E-state index contributed by atoms with van der Waals surface area (Å²) in [6.45, 7) is 4.96. The highest BCUT2D eigenvalue weighted by molar-refractivity contribution is 5.90. The van der Waals surface area contributed by atoms with Gasteiger partial charge in [0.05, 0.1) is 18.6 Å². The Bertz CT molecular complexity index is 672. The van der Waals surface area contributed by atoms with Crippen LogP contribution in [0.5, 0.6) is 0 Å². The largest absolute Gasteiger partial charge is 0.496 e. The number of aliphatic imine (C=N–C) groups is 1. The van der Waals surface area contributed by atoms with Crippen LogP contribution in [0.4, 0.5) is 0 Å². The fourth-order valence-corrected chi connectivity index (χ4v) is 4.21. The lowest BCUT2D eigenvalue weighted by Crippen LogP contribution is -2.26. The van der Waals surface area contributed by atoms with E-state index in [1.54, 1.807) is 7.11 Å². The molecule has 0 N–H and O–H groups in total. The van der Waals surface area contributed by atoms with Crippen molar-refractivity contribution in [1.82, 2.24) is 0 Å². The number of nitrogens with zero attached hydrogens (tertiary/aromatic N) is 1. The van der Waals surface area contributed by atoms with Gasteiger partial charge in [-0.1, -0.05) is 24.3 Å². The highest BCUT2D eigenvalue weighted by Crippen LogP contribution is 2.51. The van der Waals surface area contributed by atoms with Gasteiger partial charge in [0.25, 0.3) is 0 Å². The van der Waals surface area contributed by atoms with Crippen LogP contribution in [0.25, 0.3) is 5.76 Å². The molecule has 0 unspecified atom stereocenters. The van der Waals surface area contributed by atoms with Crippen molar-refractivity contribution in [3.8, 4) is 0 Å². The molecule has 22 heavy (non-hydrogen) atoms. The second-order valence-corrected chi connectivity index (χ2v) is 7.17. The zero-order valence-corrected chi connectivity index (χ0v) is 13.6. The first kappa shape index (κ1) is 13.9. The van der Waals surface area contributed by atoms with E-state index in [-0.39, 0.29) is 11.5 Å². The smallest absolute Gasteiger partial charge is 0.192 e. The van der Waals surface area contributed by atoms with E-state index in [0.717, 1.165) is 18.1 Å². The highest BCUT2D eigenvalue weighted by Gasteiger charge is 2.44. The number of ether oxygens (including phenoxy) is 2. The van der Waals surface area contributed by atoms with Gasteiger partial charge in [-0.25, -0.2) is 4.99 Å². The zero-order valence-electron chi connectivity index (χ0n) is 13.6. The molecule has 4 rings (SSSR count). The third-order valence-electron chi connectivity index (χ3n) is 5.10. The Hall–Kier alpha value is -1.77. The first-order valence-corrected chi connectivity index (χ1v) is 8.19. The molecule has 0 bridgehead atoms. The third kappa shape index (κ3) is 1.98. The van der Waals surface area contributed by atoms with Crippen molar-refractivity contribution in [3.63, 3.8) is 0 Å². The van der Waals surface area contributed by atoms with E-state index in [4.69, 9.17) is 14.5 Å². The van der Waals surface area contributed by atoms with Gasteiger partial charge < -0.3 is 9.47 Å². The van der Waals surface area contributed by atoms with E-state index in [0.29, 0.717) is 12.5 Å². The fourth-order valence-electron chi connectivity index (χ4n) is 4.21. The molecule has 1 saturated carbocycles. The predicted octanol–water partition coefficient (Wildman–Crippen LogP) is 4.15. The SMILES string of the molecule is COC1=C2CCC[C@@H]2[C@@H](C2=NC(C)(C)CO2)c2ccccc21. The van der Waals surface area contributed by atoms with Gasteiger partial charge >= 0.3 is 0 Å². The number of rotatable bonds is 2. The normalized spacial score (nSPS) is 28.8. The lowest BCUT2D eigenvalue weighted by molar-refractivity contribution is 0.265. The molecule has 2 aliphatic carbocycles. The number of allylic oxidation sites excluding steroid dienone is 1. The van der Waals surface area contributed by atoms with E-state index < -0.39 is 0 Å². The van der Waals surface area contributed by atoms with Crippen LogP contribution in [0.15, 0.2) is 34.8 Å². The maximum atomic E-state index is 6.03. The van der Waals surface area contributed by atoms with Crippen LogP contribution < -0.4 is 0 Å². The first-order valence-electron chi connectivity index (χ1n) is 8.19. The highest BCUT2D eigenvalue weighted by atomic mass is 16.5. The number of hydrogen-bond acceptors (Lipinski definition) is 3. The van der Waals surface area contributed by atoms with Gasteiger partial charge in [-0.3, -0.25) is 0 Å². The lowest BCUT2D eigenvalue weighted by Gasteiger charge is -2.32. The number of hydrogen-bond donors (Lipinski definition) is 0. The van der Waals surface area contributed by atoms with Crippen molar-refractivity contribution in [2.45, 2.75) is 44.6 Å². The van der Waals surface area contributed by atoms with Crippen LogP contribution in [-0.4, -0.2) is 25.2 Å². The molecule has 1 aromatic carbocycles. The second kappa shape index (κ2) is 4.87. The summed E-state index contributed by atoms with van der Waals surface area (Å²) in [4.78, 5) is 4.89. The summed E-state index contributed by atoms with van der Waals surface area (Å²) in [6.07, 6.45) is 3.56. The molecule has 3 heteroatoms. The molecule has 0 radical (unpaired) electrons. The van der Waals surface area contributed by atoms with Crippen molar-refractivity contribution in [2.75, 3.05) is 13.7 Å². The molecule has 1 heterocycles. The molecule has 1 aromatic rings. The van der Waals surface area contributed by atoms with Crippen molar-refractivity contribution in [1.29, 1.82) is 0 Å². The van der Waals surface area contributed by atoms with Gasteiger partial charge in [0, 0.05) is 5.56 Å². The molecule has 0 amide bonds. The molecule has 116 valence electrons. The van der Waals surface area contributed by atoms with Crippen molar-refractivity contribution >= 4 is 11.7 Å². The molecule has 3 nitrogen and oxygen atoms in total. The first-order chi connectivity index (χ1) is 10.6. The maximum Gasteiger partial charge on any atom is 0.192 e. The quantitative estimate of drug-likeness (QED) is 0.821. The zero-order chi connectivity index (χ0) is 15.3. The third-order valence-corrected chi connectivity index (χ3v) is 5.10. The second-order valence-electron chi connectivity index (χ2n) is 7.17. The monoisotopic (exact) mass is 297 g/mol. The van der Waals surface area contributed by atoms with Gasteiger partial charge in [-0.05, 0) is 50.2 Å². The molecule has 0 aromatic heterocycles. The van der Waals surface area contributed by atoms with E-state index in [1.807, 2.05) is 0 Å². The van der Waals surface area contributed by atoms with Gasteiger partial charge in [0.15, 0.2) is 5.90 Å². The minimum absolute atomic E-state index is 0.103. The van der Waals surface area contributed by atoms with E-state index >= 15 is 0 Å². The fraction of sp³-hybridized carbons (Fsp3) is 0.526. The molecule has 1 aliphatic heterocycles. The molecule has 3 aliphatic rings. The Balaban J connectivity index is 1.88. The molecular formula is C19H23NO2. The molecule has 0 saturated heterocycles. The lowest BCUT2D eigenvalue weighted by atomic mass is 9.75. The maximum absolute atomic E-state index is 6.03. The summed E-state index contributed by atoms with van der Waals surface area (Å²) < 4.78 is 11.8. The number of fused-ring (bicyclic) bond motifs is 2. The predicted molar refractivity (Wildman–Crippen MR) is 87.9 cm³/mol. The summed E-state index contributed by atoms with van der Waals surface area (Å²) in [6, 6.07) is 8.58. The van der Waals surface area contributed by atoms with Crippen molar-refractivity contribution < 1.29 is 9.47 Å². The van der Waals surface area contributed by atoms with Crippen molar-refractivity contribution in [3.05, 3.63) is 41.0 Å². The molecule has 2 atom stereocenters. The summed E-state index contributed by atoms with van der Waals surface area (Å²) >= 11 is 0. The van der Waals surface area contributed by atoms with Gasteiger partial charge in [-0.2, -0.15) is 0 Å². The van der Waals surface area contributed by atoms with Gasteiger partial charge in [0.2, 0.25) is 0 Å². The minimum Gasteiger partial charge on any atom is -0.496 e. The van der Waals surface area contributed by atoms with Crippen molar-refractivity contribution in [2.24, 2.45) is 10.9 Å². The Kier molecular flexibility index (Phi) is 3.07. The Morgan fingerprint density at radius 2 is 2.09 bits per heavy atom. The van der Waals surface area contributed by atoms with Crippen LogP contribution >= 0.6 is 0 Å². The Labute approximate surface area is 132 Å². The van der Waals surface area contributed by atoms with Crippen LogP contribution in [0, 0.1) is 5.92 Å². The summed E-state index contributed by atoms with van der Waals surface area (Å²) in [5, 5.41) is 0. The summed E-state index contributed by atoms with van der Waals surface area (Å²) in [7, 11) is 1.79. The van der Waals surface area contributed by atoms with Crippen LogP contribution in [0.1, 0.15) is 50.2 Å². The van der Waals surface area contributed by atoms with Gasteiger partial charge in [0.1, 0.15) is 12.4 Å². The summed E-state index contributed by atoms with van der Waals surface area (Å²) in [5.74, 6) is 2.76. The average Bonchev–Trinajstić information content (AvgIpc) is 3.11. The minimum atomic E-state index is -0.103. The molecular weight excluding hydrogens is 274 g/mol. The topological polar surface area (TPSA) is 30.8 Å². The van der Waals surface area contributed by atoms with Crippen LogP contribution in [-0.2, 0) is 9.47 Å². The molecule has 0 spiro atoms. The van der Waals surface area contributed by atoms with E-state index in [9.17, 15) is 0 Å². The number of benzene rings is 1. The van der Waals surface area contributed by atoms with E-state index in [2.05, 4.69) is 38.1 Å².